The maximum atomic E-state index is 14.4. The third-order valence-corrected chi connectivity index (χ3v) is 5.14. The summed E-state index contributed by atoms with van der Waals surface area (Å²) in [4.78, 5) is 12.7. The number of carbonyl (C=O) groups excluding carboxylic acids is 1. The highest BCUT2D eigenvalue weighted by Crippen LogP contribution is 2.46. The van der Waals surface area contributed by atoms with Crippen LogP contribution < -0.4 is 10.6 Å². The number of rotatable bonds is 3. The lowest BCUT2D eigenvalue weighted by Crippen LogP contribution is -2.35. The summed E-state index contributed by atoms with van der Waals surface area (Å²) in [5.74, 6) is -0.812. The molecular formula is C19H18ClFN2O. The number of fused-ring (bicyclic) bond motifs is 1. The second-order valence-electron chi connectivity index (χ2n) is 6.57. The van der Waals surface area contributed by atoms with Crippen LogP contribution in [-0.4, -0.2) is 12.5 Å². The van der Waals surface area contributed by atoms with E-state index in [0.29, 0.717) is 11.6 Å². The number of nitrogens with one attached hydrogen (secondary N) is 2. The van der Waals surface area contributed by atoms with Crippen molar-refractivity contribution < 1.29 is 9.18 Å². The van der Waals surface area contributed by atoms with E-state index in [1.807, 2.05) is 18.2 Å². The van der Waals surface area contributed by atoms with Crippen molar-refractivity contribution in [2.24, 2.45) is 0 Å². The molecule has 0 aromatic heterocycles. The van der Waals surface area contributed by atoms with E-state index < -0.39 is 11.4 Å². The Hall–Kier alpha value is -1.91. The van der Waals surface area contributed by atoms with Gasteiger partial charge < -0.3 is 10.6 Å². The average molecular weight is 345 g/mol. The molecule has 0 bridgehead atoms. The van der Waals surface area contributed by atoms with E-state index in [1.54, 1.807) is 12.1 Å². The van der Waals surface area contributed by atoms with Gasteiger partial charge in [0, 0.05) is 11.6 Å². The van der Waals surface area contributed by atoms with Crippen LogP contribution >= 0.6 is 11.6 Å². The van der Waals surface area contributed by atoms with Crippen molar-refractivity contribution in [3.63, 3.8) is 0 Å². The van der Waals surface area contributed by atoms with Gasteiger partial charge in [-0.3, -0.25) is 4.79 Å². The van der Waals surface area contributed by atoms with Gasteiger partial charge in [-0.2, -0.15) is 0 Å². The molecule has 1 aliphatic carbocycles. The summed E-state index contributed by atoms with van der Waals surface area (Å²) in [6.07, 6.45) is 2.47. The molecule has 0 spiro atoms. The van der Waals surface area contributed by atoms with Crippen molar-refractivity contribution in [1.29, 1.82) is 0 Å². The van der Waals surface area contributed by atoms with Crippen LogP contribution in [-0.2, 0) is 18.5 Å². The van der Waals surface area contributed by atoms with Gasteiger partial charge in [0.25, 0.3) is 5.91 Å². The molecule has 1 amide bonds. The van der Waals surface area contributed by atoms with Crippen LogP contribution in [0, 0.1) is 5.82 Å². The van der Waals surface area contributed by atoms with Crippen LogP contribution in [0.15, 0.2) is 36.4 Å². The van der Waals surface area contributed by atoms with E-state index in [2.05, 4.69) is 10.6 Å². The quantitative estimate of drug-likeness (QED) is 0.894. The van der Waals surface area contributed by atoms with Crippen LogP contribution in [0.25, 0.3) is 0 Å². The van der Waals surface area contributed by atoms with Gasteiger partial charge in [0.05, 0.1) is 11.1 Å². The summed E-state index contributed by atoms with van der Waals surface area (Å²) in [5, 5.41) is 6.91. The average Bonchev–Trinajstić information content (AvgIpc) is 3.35. The Bertz CT molecular complexity index is 817. The zero-order valence-corrected chi connectivity index (χ0v) is 13.9. The SMILES string of the molecule is O=C(NC1(c2cccc(Cl)c2)CC1)c1cc2c(cc1F)CCNC2. The Kier molecular flexibility index (Phi) is 3.82. The molecule has 2 N–H and O–H groups in total. The van der Waals surface area contributed by atoms with Gasteiger partial charge in [-0.25, -0.2) is 4.39 Å². The Morgan fingerprint density at radius 1 is 1.21 bits per heavy atom. The second-order valence-corrected chi connectivity index (χ2v) is 7.01. The number of benzene rings is 2. The smallest absolute Gasteiger partial charge is 0.254 e. The predicted octanol–water partition coefficient (Wildman–Crippen LogP) is 3.54. The Balaban J connectivity index is 1.61. The molecule has 3 nitrogen and oxygen atoms in total. The van der Waals surface area contributed by atoms with Gasteiger partial charge >= 0.3 is 0 Å². The summed E-state index contributed by atoms with van der Waals surface area (Å²) >= 11 is 6.06. The lowest BCUT2D eigenvalue weighted by atomic mass is 9.97. The number of halogens is 2. The molecule has 2 aromatic carbocycles. The van der Waals surface area contributed by atoms with Crippen LogP contribution in [0.3, 0.4) is 0 Å². The summed E-state index contributed by atoms with van der Waals surface area (Å²) in [5.41, 5.74) is 2.66. The zero-order chi connectivity index (χ0) is 16.7. The second kappa shape index (κ2) is 5.87. The molecule has 2 aliphatic rings. The summed E-state index contributed by atoms with van der Waals surface area (Å²) in [7, 11) is 0. The molecule has 124 valence electrons. The van der Waals surface area contributed by atoms with E-state index in [1.165, 1.54) is 6.07 Å². The van der Waals surface area contributed by atoms with E-state index in [-0.39, 0.29) is 11.5 Å². The maximum Gasteiger partial charge on any atom is 0.254 e. The van der Waals surface area contributed by atoms with Gasteiger partial charge in [0.15, 0.2) is 0 Å². The first kappa shape index (κ1) is 15.6. The van der Waals surface area contributed by atoms with E-state index in [9.17, 15) is 9.18 Å². The first-order valence-electron chi connectivity index (χ1n) is 8.18. The number of hydrogen-bond donors (Lipinski definition) is 2. The van der Waals surface area contributed by atoms with Gasteiger partial charge in [0.2, 0.25) is 0 Å². The van der Waals surface area contributed by atoms with Crippen LogP contribution in [0.1, 0.15) is 39.9 Å². The molecule has 1 fully saturated rings. The molecule has 1 saturated carbocycles. The summed E-state index contributed by atoms with van der Waals surface area (Å²) < 4.78 is 14.4. The minimum absolute atomic E-state index is 0.116. The van der Waals surface area contributed by atoms with Crippen molar-refractivity contribution in [3.8, 4) is 0 Å². The fourth-order valence-corrected chi connectivity index (χ4v) is 3.55. The summed E-state index contributed by atoms with van der Waals surface area (Å²) in [6.45, 7) is 1.52. The highest BCUT2D eigenvalue weighted by Gasteiger charge is 2.46. The molecule has 0 unspecified atom stereocenters. The first-order chi connectivity index (χ1) is 11.6. The number of hydrogen-bond acceptors (Lipinski definition) is 2. The third kappa shape index (κ3) is 2.80. The van der Waals surface area contributed by atoms with E-state index >= 15 is 0 Å². The fraction of sp³-hybridized carbons (Fsp3) is 0.316. The molecule has 1 aliphatic heterocycles. The summed E-state index contributed by atoms with van der Waals surface area (Å²) in [6, 6.07) is 10.7. The highest BCUT2D eigenvalue weighted by atomic mass is 35.5. The van der Waals surface area contributed by atoms with Crippen LogP contribution in [0.2, 0.25) is 5.02 Å². The van der Waals surface area contributed by atoms with Gasteiger partial charge in [-0.15, -0.1) is 0 Å². The third-order valence-electron chi connectivity index (χ3n) is 4.90. The van der Waals surface area contributed by atoms with Crippen molar-refractivity contribution in [2.45, 2.75) is 31.3 Å². The topological polar surface area (TPSA) is 41.1 Å². The molecule has 0 saturated heterocycles. The Morgan fingerprint density at radius 2 is 2.04 bits per heavy atom. The minimum Gasteiger partial charge on any atom is -0.342 e. The Morgan fingerprint density at radius 3 is 2.79 bits per heavy atom. The molecule has 4 rings (SSSR count). The first-order valence-corrected chi connectivity index (χ1v) is 8.56. The van der Waals surface area contributed by atoms with Crippen molar-refractivity contribution in [3.05, 3.63) is 69.5 Å². The largest absolute Gasteiger partial charge is 0.342 e. The lowest BCUT2D eigenvalue weighted by Gasteiger charge is -2.21. The zero-order valence-electron chi connectivity index (χ0n) is 13.2. The minimum atomic E-state index is -0.449. The van der Waals surface area contributed by atoms with Crippen LogP contribution in [0.4, 0.5) is 4.39 Å². The van der Waals surface area contributed by atoms with Crippen molar-refractivity contribution in [2.75, 3.05) is 6.54 Å². The van der Waals surface area contributed by atoms with Gasteiger partial charge in [-0.1, -0.05) is 23.7 Å². The molecule has 0 atom stereocenters. The molecule has 2 aromatic rings. The lowest BCUT2D eigenvalue weighted by molar-refractivity contribution is 0.0926. The predicted molar refractivity (Wildman–Crippen MR) is 91.6 cm³/mol. The normalized spacial score (nSPS) is 17.9. The number of amides is 1. The highest BCUT2D eigenvalue weighted by molar-refractivity contribution is 6.30. The Labute approximate surface area is 145 Å². The maximum absolute atomic E-state index is 14.4. The van der Waals surface area contributed by atoms with Crippen LogP contribution in [0.5, 0.6) is 0 Å². The molecule has 1 heterocycles. The van der Waals surface area contributed by atoms with Crippen molar-refractivity contribution in [1.82, 2.24) is 10.6 Å². The molecule has 5 heteroatoms. The fourth-order valence-electron chi connectivity index (χ4n) is 3.36. The molecular weight excluding hydrogens is 327 g/mol. The number of carbonyl (C=O) groups is 1. The standard InChI is InChI=1S/C19H18ClFN2O/c20-15-3-1-2-14(10-15)19(5-6-19)23-18(24)16-8-13-11-22-7-4-12(13)9-17(16)21/h1-3,8-10,22H,4-7,11H2,(H,23,24). The van der Waals surface area contributed by atoms with Crippen molar-refractivity contribution >= 4 is 17.5 Å². The van der Waals surface area contributed by atoms with E-state index in [0.717, 1.165) is 42.5 Å². The molecule has 24 heavy (non-hydrogen) atoms. The molecule has 0 radical (unpaired) electrons. The van der Waals surface area contributed by atoms with Gasteiger partial charge in [-0.05, 0) is 66.8 Å². The van der Waals surface area contributed by atoms with Gasteiger partial charge in [0.1, 0.15) is 5.82 Å². The monoisotopic (exact) mass is 344 g/mol. The van der Waals surface area contributed by atoms with E-state index in [4.69, 9.17) is 11.6 Å².